The molecule has 5 heteroatoms. The number of aromatic nitrogens is 1. The van der Waals surface area contributed by atoms with Crippen molar-refractivity contribution in [2.24, 2.45) is 0 Å². The fourth-order valence-corrected chi connectivity index (χ4v) is 1.77. The van der Waals surface area contributed by atoms with E-state index >= 15 is 0 Å². The van der Waals surface area contributed by atoms with Crippen LogP contribution in [0.1, 0.15) is 10.4 Å². The smallest absolute Gasteiger partial charge is 0.336 e. The van der Waals surface area contributed by atoms with Crippen LogP contribution in [0.25, 0.3) is 11.1 Å². The molecule has 0 aliphatic rings. The minimum absolute atomic E-state index is 0.185. The monoisotopic (exact) mass is 259 g/mol. The summed E-state index contributed by atoms with van der Waals surface area (Å²) in [6, 6.07) is 6.67. The lowest BCUT2D eigenvalue weighted by Gasteiger charge is -2.10. The predicted octanol–water partition coefficient (Wildman–Crippen LogP) is 2.46. The van der Waals surface area contributed by atoms with Crippen molar-refractivity contribution in [3.63, 3.8) is 0 Å². The molecule has 0 amide bonds. The molecular formula is C14H13NO4. The van der Waals surface area contributed by atoms with Crippen molar-refractivity contribution in [1.29, 1.82) is 0 Å². The van der Waals surface area contributed by atoms with E-state index in [2.05, 4.69) is 4.98 Å². The number of hydrogen-bond acceptors (Lipinski definition) is 4. The lowest BCUT2D eigenvalue weighted by molar-refractivity contribution is 0.0697. The van der Waals surface area contributed by atoms with Crippen LogP contribution in [0.4, 0.5) is 0 Å². The minimum atomic E-state index is -1.00. The number of aromatic carboxylic acids is 1. The van der Waals surface area contributed by atoms with Crippen LogP contribution in [0.15, 0.2) is 36.7 Å². The summed E-state index contributed by atoms with van der Waals surface area (Å²) in [6.07, 6.45) is 2.96. The maximum absolute atomic E-state index is 11.2. The van der Waals surface area contributed by atoms with Crippen molar-refractivity contribution >= 4 is 5.97 Å². The first-order chi connectivity index (χ1) is 9.15. The van der Waals surface area contributed by atoms with Crippen molar-refractivity contribution in [3.8, 4) is 22.6 Å². The van der Waals surface area contributed by atoms with Crippen molar-refractivity contribution < 1.29 is 19.4 Å². The van der Waals surface area contributed by atoms with E-state index in [9.17, 15) is 9.90 Å². The van der Waals surface area contributed by atoms with E-state index in [1.807, 2.05) is 0 Å². The molecule has 0 saturated heterocycles. The van der Waals surface area contributed by atoms with Gasteiger partial charge in [0.25, 0.3) is 0 Å². The normalized spacial score (nSPS) is 10.0. The van der Waals surface area contributed by atoms with E-state index in [4.69, 9.17) is 9.47 Å². The van der Waals surface area contributed by atoms with Crippen LogP contribution in [0.5, 0.6) is 11.5 Å². The number of hydrogen-bond donors (Lipinski definition) is 1. The fraction of sp³-hybridized carbons (Fsp3) is 0.143. The Balaban J connectivity index is 2.61. The highest BCUT2D eigenvalue weighted by Crippen LogP contribution is 2.31. The Labute approximate surface area is 110 Å². The molecule has 1 N–H and O–H groups in total. The molecular weight excluding hydrogens is 246 g/mol. The van der Waals surface area contributed by atoms with Gasteiger partial charge in [-0.3, -0.25) is 4.98 Å². The second-order valence-corrected chi connectivity index (χ2v) is 3.83. The lowest BCUT2D eigenvalue weighted by atomic mass is 10.0. The van der Waals surface area contributed by atoms with Gasteiger partial charge in [0.05, 0.1) is 19.8 Å². The number of methoxy groups -OCH3 is 2. The summed E-state index contributed by atoms with van der Waals surface area (Å²) in [5.74, 6) is 0.184. The number of carboxylic acid groups (broad SMARTS) is 1. The molecule has 19 heavy (non-hydrogen) atoms. The number of nitrogens with zero attached hydrogens (tertiary/aromatic N) is 1. The molecule has 0 aliphatic heterocycles. The van der Waals surface area contributed by atoms with Crippen LogP contribution in [-0.2, 0) is 0 Å². The number of rotatable bonds is 4. The molecule has 98 valence electrons. The Kier molecular flexibility index (Phi) is 3.66. The average Bonchev–Trinajstić information content (AvgIpc) is 2.46. The van der Waals surface area contributed by atoms with Crippen LogP contribution in [0.3, 0.4) is 0 Å². The summed E-state index contributed by atoms with van der Waals surface area (Å²) < 4.78 is 10.3. The molecule has 5 nitrogen and oxygen atoms in total. The van der Waals surface area contributed by atoms with E-state index in [1.54, 1.807) is 32.4 Å². The van der Waals surface area contributed by atoms with Crippen LogP contribution in [0, 0.1) is 0 Å². The highest BCUT2D eigenvalue weighted by Gasteiger charge is 2.13. The number of benzene rings is 1. The van der Waals surface area contributed by atoms with Crippen LogP contribution < -0.4 is 9.47 Å². The zero-order chi connectivity index (χ0) is 13.8. The quantitative estimate of drug-likeness (QED) is 0.913. The van der Waals surface area contributed by atoms with Gasteiger partial charge in [0.15, 0.2) is 0 Å². The van der Waals surface area contributed by atoms with Crippen LogP contribution >= 0.6 is 0 Å². The third kappa shape index (κ3) is 2.65. The van der Waals surface area contributed by atoms with E-state index in [0.29, 0.717) is 22.6 Å². The number of carboxylic acids is 1. The van der Waals surface area contributed by atoms with Gasteiger partial charge in [0.2, 0.25) is 0 Å². The summed E-state index contributed by atoms with van der Waals surface area (Å²) in [4.78, 5) is 15.2. The second-order valence-electron chi connectivity index (χ2n) is 3.83. The van der Waals surface area contributed by atoms with Crippen molar-refractivity contribution in [1.82, 2.24) is 4.98 Å². The lowest BCUT2D eigenvalue weighted by Crippen LogP contribution is -2.00. The molecule has 2 aromatic rings. The molecule has 0 fully saturated rings. The summed E-state index contributed by atoms with van der Waals surface area (Å²) in [7, 11) is 3.08. The first-order valence-electron chi connectivity index (χ1n) is 5.56. The third-order valence-corrected chi connectivity index (χ3v) is 2.71. The van der Waals surface area contributed by atoms with E-state index in [0.717, 1.165) is 0 Å². The molecule has 1 aromatic heterocycles. The first kappa shape index (κ1) is 12.9. The Morgan fingerprint density at radius 3 is 2.32 bits per heavy atom. The third-order valence-electron chi connectivity index (χ3n) is 2.71. The molecule has 0 unspecified atom stereocenters. The SMILES string of the molecule is COc1cc(OC)cc(-c2cnccc2C(=O)O)c1. The molecule has 0 radical (unpaired) electrons. The molecule has 0 spiro atoms. The maximum Gasteiger partial charge on any atom is 0.336 e. The largest absolute Gasteiger partial charge is 0.497 e. The summed E-state index contributed by atoms with van der Waals surface area (Å²) >= 11 is 0. The zero-order valence-electron chi connectivity index (χ0n) is 10.6. The average molecular weight is 259 g/mol. The predicted molar refractivity (Wildman–Crippen MR) is 69.7 cm³/mol. The summed E-state index contributed by atoms with van der Waals surface area (Å²) in [5, 5.41) is 9.19. The van der Waals surface area contributed by atoms with Crippen molar-refractivity contribution in [2.45, 2.75) is 0 Å². The van der Waals surface area contributed by atoms with Gasteiger partial charge in [0.1, 0.15) is 11.5 Å². The van der Waals surface area contributed by atoms with Gasteiger partial charge in [-0.25, -0.2) is 4.79 Å². The highest BCUT2D eigenvalue weighted by atomic mass is 16.5. The van der Waals surface area contributed by atoms with Crippen molar-refractivity contribution in [3.05, 3.63) is 42.2 Å². The second kappa shape index (κ2) is 5.39. The Hall–Kier alpha value is -2.56. The van der Waals surface area contributed by atoms with Gasteiger partial charge in [-0.15, -0.1) is 0 Å². The molecule has 0 aliphatic carbocycles. The van der Waals surface area contributed by atoms with E-state index in [-0.39, 0.29) is 5.56 Å². The Bertz CT molecular complexity index is 588. The number of carbonyl (C=O) groups is 1. The van der Waals surface area contributed by atoms with Crippen LogP contribution in [-0.4, -0.2) is 30.3 Å². The Morgan fingerprint density at radius 2 is 1.79 bits per heavy atom. The van der Waals surface area contributed by atoms with Gasteiger partial charge in [-0.1, -0.05) is 0 Å². The molecule has 0 atom stereocenters. The first-order valence-corrected chi connectivity index (χ1v) is 5.56. The minimum Gasteiger partial charge on any atom is -0.497 e. The summed E-state index contributed by atoms with van der Waals surface area (Å²) in [5.41, 5.74) is 1.39. The topological polar surface area (TPSA) is 68.7 Å². The fourth-order valence-electron chi connectivity index (χ4n) is 1.77. The van der Waals surface area contributed by atoms with Gasteiger partial charge in [-0.05, 0) is 23.8 Å². The van der Waals surface area contributed by atoms with E-state index < -0.39 is 5.97 Å². The van der Waals surface area contributed by atoms with E-state index in [1.165, 1.54) is 18.5 Å². The van der Waals surface area contributed by atoms with Crippen LogP contribution in [0.2, 0.25) is 0 Å². The van der Waals surface area contributed by atoms with Gasteiger partial charge >= 0.3 is 5.97 Å². The number of pyridine rings is 1. The molecule has 0 bridgehead atoms. The maximum atomic E-state index is 11.2. The zero-order valence-corrected chi connectivity index (χ0v) is 10.6. The number of ether oxygens (including phenoxy) is 2. The summed E-state index contributed by atoms with van der Waals surface area (Å²) in [6.45, 7) is 0. The molecule has 2 rings (SSSR count). The molecule has 0 saturated carbocycles. The van der Waals surface area contributed by atoms with Gasteiger partial charge in [0, 0.05) is 24.0 Å². The molecule has 1 heterocycles. The Morgan fingerprint density at radius 1 is 1.16 bits per heavy atom. The van der Waals surface area contributed by atoms with Gasteiger partial charge in [-0.2, -0.15) is 0 Å². The standard InChI is InChI=1S/C14H13NO4/c1-18-10-5-9(6-11(7-10)19-2)13-8-15-4-3-12(13)14(16)17/h3-8H,1-2H3,(H,16,17). The van der Waals surface area contributed by atoms with Gasteiger partial charge < -0.3 is 14.6 Å². The highest BCUT2D eigenvalue weighted by molar-refractivity contribution is 5.95. The molecule has 1 aromatic carbocycles. The van der Waals surface area contributed by atoms with Crippen molar-refractivity contribution in [2.75, 3.05) is 14.2 Å².